The Kier molecular flexibility index (Phi) is 10.2. The number of nitrogens with two attached hydrogens (primary N) is 1. The molecule has 4 N–H and O–H groups in total. The van der Waals surface area contributed by atoms with Crippen LogP contribution in [0.2, 0.25) is 0 Å². The second-order valence-corrected chi connectivity index (χ2v) is 8.14. The van der Waals surface area contributed by atoms with Crippen LogP contribution in [0.25, 0.3) is 0 Å². The van der Waals surface area contributed by atoms with Gasteiger partial charge >= 0.3 is 11.9 Å². The zero-order chi connectivity index (χ0) is 22.6. The van der Waals surface area contributed by atoms with Crippen LogP contribution in [0.15, 0.2) is 42.5 Å². The fourth-order valence-electron chi connectivity index (χ4n) is 4.16. The summed E-state index contributed by atoms with van der Waals surface area (Å²) in [6.07, 6.45) is 10.1. The normalized spacial score (nSPS) is 11.9. The van der Waals surface area contributed by atoms with Crippen LogP contribution in [0.4, 0.5) is 0 Å². The fourth-order valence-corrected chi connectivity index (χ4v) is 4.16. The van der Waals surface area contributed by atoms with E-state index in [1.807, 2.05) is 24.3 Å². The lowest BCUT2D eigenvalue weighted by molar-refractivity contribution is 0.0694. The highest BCUT2D eigenvalue weighted by atomic mass is 16.4. The molecule has 0 aliphatic heterocycles. The molecule has 2 aromatic rings. The Morgan fingerprint density at radius 1 is 0.806 bits per heavy atom. The maximum absolute atomic E-state index is 11.9. The highest BCUT2D eigenvalue weighted by molar-refractivity contribution is 5.97. The second-order valence-electron chi connectivity index (χ2n) is 8.14. The van der Waals surface area contributed by atoms with Gasteiger partial charge in [0.15, 0.2) is 0 Å². The topological polar surface area (TPSA) is 101 Å². The summed E-state index contributed by atoms with van der Waals surface area (Å²) < 4.78 is 0. The Labute approximate surface area is 185 Å². The van der Waals surface area contributed by atoms with Crippen molar-refractivity contribution in [3.8, 4) is 0 Å². The van der Waals surface area contributed by atoms with Gasteiger partial charge in [-0.1, -0.05) is 88.6 Å². The number of carboxylic acids is 2. The zero-order valence-electron chi connectivity index (χ0n) is 18.5. The molecule has 0 heterocycles. The number of hydrogen-bond acceptors (Lipinski definition) is 3. The van der Waals surface area contributed by atoms with Crippen molar-refractivity contribution < 1.29 is 19.8 Å². The molecule has 0 aromatic heterocycles. The van der Waals surface area contributed by atoms with Crippen molar-refractivity contribution in [1.82, 2.24) is 0 Å². The van der Waals surface area contributed by atoms with Crippen molar-refractivity contribution >= 4 is 11.9 Å². The molecule has 0 aliphatic rings. The SMILES string of the molecule is CCCCCCCCCCC(c1ccc(CN)cc1)c1c(C(=O)O)cccc1C(=O)O. The summed E-state index contributed by atoms with van der Waals surface area (Å²) in [5.41, 5.74) is 8.15. The summed E-state index contributed by atoms with van der Waals surface area (Å²) in [6, 6.07) is 12.3. The molecule has 1 unspecified atom stereocenters. The average Bonchev–Trinajstić information content (AvgIpc) is 2.77. The molecule has 5 heteroatoms. The lowest BCUT2D eigenvalue weighted by Crippen LogP contribution is -2.15. The van der Waals surface area contributed by atoms with Crippen LogP contribution in [0, 0.1) is 0 Å². The molecule has 0 saturated carbocycles. The molecular formula is C26H35NO4. The van der Waals surface area contributed by atoms with E-state index >= 15 is 0 Å². The van der Waals surface area contributed by atoms with Crippen molar-refractivity contribution in [2.45, 2.75) is 77.2 Å². The van der Waals surface area contributed by atoms with E-state index in [0.29, 0.717) is 18.5 Å². The van der Waals surface area contributed by atoms with E-state index in [9.17, 15) is 19.8 Å². The molecule has 0 aliphatic carbocycles. The number of rotatable bonds is 14. The Balaban J connectivity index is 2.26. The van der Waals surface area contributed by atoms with Gasteiger partial charge in [-0.25, -0.2) is 9.59 Å². The summed E-state index contributed by atoms with van der Waals surface area (Å²) in [5.74, 6) is -2.49. The van der Waals surface area contributed by atoms with Gasteiger partial charge < -0.3 is 15.9 Å². The minimum atomic E-state index is -1.10. The van der Waals surface area contributed by atoms with Crippen molar-refractivity contribution in [2.75, 3.05) is 0 Å². The second kappa shape index (κ2) is 12.9. The van der Waals surface area contributed by atoms with Crippen molar-refractivity contribution in [3.05, 3.63) is 70.3 Å². The third-order valence-corrected chi connectivity index (χ3v) is 5.88. The van der Waals surface area contributed by atoms with Crippen LogP contribution >= 0.6 is 0 Å². The van der Waals surface area contributed by atoms with E-state index in [0.717, 1.165) is 30.4 Å². The maximum Gasteiger partial charge on any atom is 0.336 e. The fraction of sp³-hybridized carbons (Fsp3) is 0.462. The highest BCUT2D eigenvalue weighted by Crippen LogP contribution is 2.35. The van der Waals surface area contributed by atoms with E-state index in [2.05, 4.69) is 6.92 Å². The molecule has 0 radical (unpaired) electrons. The van der Waals surface area contributed by atoms with Gasteiger partial charge in [0.2, 0.25) is 0 Å². The number of hydrogen-bond donors (Lipinski definition) is 3. The number of benzene rings is 2. The number of aromatic carboxylic acids is 2. The van der Waals surface area contributed by atoms with Crippen LogP contribution in [0.1, 0.15) is 108 Å². The lowest BCUT2D eigenvalue weighted by atomic mass is 9.81. The molecule has 168 valence electrons. The summed E-state index contributed by atoms with van der Waals surface area (Å²) in [7, 11) is 0. The molecule has 0 fully saturated rings. The number of unbranched alkanes of at least 4 members (excludes halogenated alkanes) is 7. The molecular weight excluding hydrogens is 390 g/mol. The molecule has 0 amide bonds. The van der Waals surface area contributed by atoms with Crippen LogP contribution in [0.5, 0.6) is 0 Å². The van der Waals surface area contributed by atoms with Gasteiger partial charge in [0.25, 0.3) is 0 Å². The first-order valence-electron chi connectivity index (χ1n) is 11.4. The Morgan fingerprint density at radius 2 is 1.32 bits per heavy atom. The van der Waals surface area contributed by atoms with Crippen LogP contribution in [-0.4, -0.2) is 22.2 Å². The highest BCUT2D eigenvalue weighted by Gasteiger charge is 2.26. The van der Waals surface area contributed by atoms with E-state index in [-0.39, 0.29) is 17.0 Å². The van der Waals surface area contributed by atoms with Gasteiger partial charge in [0.1, 0.15) is 0 Å². The average molecular weight is 426 g/mol. The smallest absolute Gasteiger partial charge is 0.336 e. The van der Waals surface area contributed by atoms with Crippen LogP contribution in [0.3, 0.4) is 0 Å². The maximum atomic E-state index is 11.9. The first-order valence-corrected chi connectivity index (χ1v) is 11.4. The molecule has 0 saturated heterocycles. The lowest BCUT2D eigenvalue weighted by Gasteiger charge is -2.22. The largest absolute Gasteiger partial charge is 0.478 e. The Morgan fingerprint density at radius 3 is 1.81 bits per heavy atom. The molecule has 2 rings (SSSR count). The third kappa shape index (κ3) is 7.21. The summed E-state index contributed by atoms with van der Waals surface area (Å²) in [4.78, 5) is 23.8. The monoisotopic (exact) mass is 425 g/mol. The first kappa shape index (κ1) is 24.6. The molecule has 31 heavy (non-hydrogen) atoms. The third-order valence-electron chi connectivity index (χ3n) is 5.88. The van der Waals surface area contributed by atoms with Gasteiger partial charge in [-0.3, -0.25) is 0 Å². The van der Waals surface area contributed by atoms with Gasteiger partial charge in [0, 0.05) is 12.5 Å². The molecule has 0 spiro atoms. The van der Waals surface area contributed by atoms with Gasteiger partial charge in [-0.15, -0.1) is 0 Å². The van der Waals surface area contributed by atoms with Crippen molar-refractivity contribution in [1.29, 1.82) is 0 Å². The predicted octanol–water partition coefficient (Wildman–Crippen LogP) is 6.20. The van der Waals surface area contributed by atoms with Gasteiger partial charge in [0.05, 0.1) is 11.1 Å². The summed E-state index contributed by atoms with van der Waals surface area (Å²) >= 11 is 0. The van der Waals surface area contributed by atoms with Crippen molar-refractivity contribution in [3.63, 3.8) is 0 Å². The first-order chi connectivity index (χ1) is 15.0. The summed E-state index contributed by atoms with van der Waals surface area (Å²) in [6.45, 7) is 2.63. The van der Waals surface area contributed by atoms with E-state index in [1.54, 1.807) is 0 Å². The molecule has 5 nitrogen and oxygen atoms in total. The summed E-state index contributed by atoms with van der Waals surface area (Å²) in [5, 5.41) is 19.5. The van der Waals surface area contributed by atoms with Crippen LogP contribution < -0.4 is 5.73 Å². The van der Waals surface area contributed by atoms with Crippen LogP contribution in [-0.2, 0) is 6.54 Å². The number of carbonyl (C=O) groups is 2. The number of carboxylic acid groups (broad SMARTS) is 2. The van der Waals surface area contributed by atoms with Gasteiger partial charge in [-0.2, -0.15) is 0 Å². The minimum Gasteiger partial charge on any atom is -0.478 e. The Hall–Kier alpha value is -2.66. The Bertz CT molecular complexity index is 813. The standard InChI is InChI=1S/C26H35NO4/c1-2-3-4-5-6-7-8-9-11-21(20-16-14-19(18-27)15-17-20)24-22(25(28)29)12-10-13-23(24)26(30)31/h10,12-17,21H,2-9,11,18,27H2,1H3,(H,28,29)(H,30,31). The predicted molar refractivity (Wildman–Crippen MR) is 124 cm³/mol. The molecule has 0 bridgehead atoms. The quantitative estimate of drug-likeness (QED) is 0.313. The minimum absolute atomic E-state index is 0.0624. The van der Waals surface area contributed by atoms with E-state index in [1.165, 1.54) is 50.3 Å². The molecule has 2 aromatic carbocycles. The van der Waals surface area contributed by atoms with E-state index < -0.39 is 11.9 Å². The van der Waals surface area contributed by atoms with Gasteiger partial charge in [-0.05, 0) is 35.2 Å². The van der Waals surface area contributed by atoms with E-state index in [4.69, 9.17) is 5.73 Å². The molecule has 1 atom stereocenters. The van der Waals surface area contributed by atoms with Crippen molar-refractivity contribution in [2.24, 2.45) is 5.73 Å². The zero-order valence-corrected chi connectivity index (χ0v) is 18.5.